The van der Waals surface area contributed by atoms with Crippen LogP contribution < -0.4 is 4.74 Å². The van der Waals surface area contributed by atoms with E-state index in [2.05, 4.69) is 0 Å². The van der Waals surface area contributed by atoms with Crippen LogP contribution in [-0.4, -0.2) is 47.7 Å². The van der Waals surface area contributed by atoms with Crippen molar-refractivity contribution < 1.29 is 24.2 Å². The number of amides is 1. The number of aliphatic carboxylic acids is 1. The van der Waals surface area contributed by atoms with E-state index in [1.54, 1.807) is 27.9 Å². The molecule has 0 bridgehead atoms. The number of ether oxygens (including phenoxy) is 2. The summed E-state index contributed by atoms with van der Waals surface area (Å²) in [5, 5.41) is 8.88. The molecule has 0 aliphatic heterocycles. The molecule has 6 heteroatoms. The third-order valence-electron chi connectivity index (χ3n) is 3.19. The molecule has 0 fully saturated rings. The van der Waals surface area contributed by atoms with Crippen molar-refractivity contribution in [3.05, 3.63) is 29.8 Å². The van der Waals surface area contributed by atoms with Crippen LogP contribution in [0.25, 0.3) is 0 Å². The van der Waals surface area contributed by atoms with Crippen LogP contribution in [0.3, 0.4) is 0 Å². The summed E-state index contributed by atoms with van der Waals surface area (Å²) in [6.07, 6.45) is -0.715. The van der Waals surface area contributed by atoms with Crippen LogP contribution in [0.15, 0.2) is 24.3 Å². The summed E-state index contributed by atoms with van der Waals surface area (Å²) >= 11 is 0. The van der Waals surface area contributed by atoms with Gasteiger partial charge in [-0.2, -0.15) is 0 Å². The van der Waals surface area contributed by atoms with Crippen molar-refractivity contribution in [1.82, 2.24) is 4.90 Å². The summed E-state index contributed by atoms with van der Waals surface area (Å²) in [6, 6.07) is 7.16. The topological polar surface area (TPSA) is 76.1 Å². The first-order chi connectivity index (χ1) is 10.3. The Kier molecular flexibility index (Phi) is 6.85. The van der Waals surface area contributed by atoms with Crippen LogP contribution in [0.4, 0.5) is 0 Å². The molecule has 122 valence electrons. The average Bonchev–Trinajstić information content (AvgIpc) is 2.49. The lowest BCUT2D eigenvalue weighted by Crippen LogP contribution is -2.45. The molecule has 1 rings (SSSR count). The SMILES string of the molecule is COc1cccc(COC(C)C(=O)N(CC(=O)O)C(C)C)c1. The normalized spacial score (nSPS) is 12.0. The Hall–Kier alpha value is -2.08. The Bertz CT molecular complexity index is 515. The second-order valence-corrected chi connectivity index (χ2v) is 5.26. The fourth-order valence-electron chi connectivity index (χ4n) is 1.95. The van der Waals surface area contributed by atoms with E-state index in [1.165, 1.54) is 4.90 Å². The monoisotopic (exact) mass is 309 g/mol. The van der Waals surface area contributed by atoms with E-state index in [-0.39, 0.29) is 25.1 Å². The van der Waals surface area contributed by atoms with Gasteiger partial charge in [-0.05, 0) is 38.5 Å². The number of hydrogen-bond acceptors (Lipinski definition) is 4. The summed E-state index contributed by atoms with van der Waals surface area (Å²) in [4.78, 5) is 24.4. The zero-order chi connectivity index (χ0) is 16.7. The largest absolute Gasteiger partial charge is 0.497 e. The number of carbonyl (C=O) groups excluding carboxylic acids is 1. The molecule has 1 amide bonds. The fraction of sp³-hybridized carbons (Fsp3) is 0.500. The Balaban J connectivity index is 2.64. The van der Waals surface area contributed by atoms with Crippen molar-refractivity contribution in [3.63, 3.8) is 0 Å². The molecule has 1 atom stereocenters. The molecule has 22 heavy (non-hydrogen) atoms. The molecule has 1 N–H and O–H groups in total. The summed E-state index contributed by atoms with van der Waals surface area (Å²) < 4.78 is 10.7. The van der Waals surface area contributed by atoms with Gasteiger partial charge in [0.2, 0.25) is 0 Å². The fourth-order valence-corrected chi connectivity index (χ4v) is 1.95. The lowest BCUT2D eigenvalue weighted by Gasteiger charge is -2.27. The molecule has 0 aliphatic carbocycles. The zero-order valence-corrected chi connectivity index (χ0v) is 13.4. The molecular weight excluding hydrogens is 286 g/mol. The van der Waals surface area contributed by atoms with E-state index in [4.69, 9.17) is 14.6 Å². The first-order valence-electron chi connectivity index (χ1n) is 7.12. The van der Waals surface area contributed by atoms with Gasteiger partial charge in [-0.3, -0.25) is 9.59 Å². The number of hydrogen-bond donors (Lipinski definition) is 1. The molecule has 6 nitrogen and oxygen atoms in total. The van der Waals surface area contributed by atoms with Crippen molar-refractivity contribution in [2.45, 2.75) is 39.5 Å². The number of methoxy groups -OCH3 is 1. The molecule has 1 aromatic rings. The van der Waals surface area contributed by atoms with E-state index in [9.17, 15) is 9.59 Å². The molecule has 0 aromatic heterocycles. The number of nitrogens with zero attached hydrogens (tertiary/aromatic N) is 1. The third kappa shape index (κ3) is 5.37. The first-order valence-corrected chi connectivity index (χ1v) is 7.12. The lowest BCUT2D eigenvalue weighted by atomic mass is 10.2. The van der Waals surface area contributed by atoms with Gasteiger partial charge in [0, 0.05) is 6.04 Å². The minimum atomic E-state index is -1.04. The number of benzene rings is 1. The van der Waals surface area contributed by atoms with Crippen molar-refractivity contribution in [1.29, 1.82) is 0 Å². The number of carbonyl (C=O) groups is 2. The highest BCUT2D eigenvalue weighted by atomic mass is 16.5. The summed E-state index contributed by atoms with van der Waals surface area (Å²) in [5.41, 5.74) is 0.883. The molecule has 0 heterocycles. The van der Waals surface area contributed by atoms with Gasteiger partial charge < -0.3 is 19.5 Å². The number of rotatable bonds is 8. The minimum Gasteiger partial charge on any atom is -0.497 e. The molecule has 0 saturated carbocycles. The van der Waals surface area contributed by atoms with Gasteiger partial charge in [0.15, 0.2) is 0 Å². The van der Waals surface area contributed by atoms with Gasteiger partial charge in [0.05, 0.1) is 13.7 Å². The first kappa shape index (κ1) is 18.0. The van der Waals surface area contributed by atoms with Crippen molar-refractivity contribution in [2.75, 3.05) is 13.7 Å². The number of carboxylic acids is 1. The second-order valence-electron chi connectivity index (χ2n) is 5.26. The van der Waals surface area contributed by atoms with Crippen molar-refractivity contribution in [2.24, 2.45) is 0 Å². The van der Waals surface area contributed by atoms with E-state index < -0.39 is 12.1 Å². The van der Waals surface area contributed by atoms with Gasteiger partial charge in [-0.15, -0.1) is 0 Å². The van der Waals surface area contributed by atoms with E-state index in [0.29, 0.717) is 0 Å². The van der Waals surface area contributed by atoms with Gasteiger partial charge in [0.25, 0.3) is 5.91 Å². The van der Waals surface area contributed by atoms with Crippen LogP contribution in [0.2, 0.25) is 0 Å². The molecular formula is C16H23NO5. The van der Waals surface area contributed by atoms with E-state index in [0.717, 1.165) is 11.3 Å². The Morgan fingerprint density at radius 1 is 1.27 bits per heavy atom. The summed E-state index contributed by atoms with van der Waals surface area (Å²) in [5.74, 6) is -0.655. The van der Waals surface area contributed by atoms with E-state index in [1.807, 2.05) is 24.3 Å². The quantitative estimate of drug-likeness (QED) is 0.794. The predicted molar refractivity (Wildman–Crippen MR) is 81.7 cm³/mol. The highest BCUT2D eigenvalue weighted by Gasteiger charge is 2.25. The zero-order valence-electron chi connectivity index (χ0n) is 13.4. The third-order valence-corrected chi connectivity index (χ3v) is 3.19. The molecule has 0 aliphatic rings. The summed E-state index contributed by atoms with van der Waals surface area (Å²) in [7, 11) is 1.58. The van der Waals surface area contributed by atoms with Gasteiger partial charge in [0.1, 0.15) is 18.4 Å². The Morgan fingerprint density at radius 2 is 1.95 bits per heavy atom. The second kappa shape index (κ2) is 8.38. The van der Waals surface area contributed by atoms with Crippen LogP contribution in [0, 0.1) is 0 Å². The standard InChI is InChI=1S/C16H23NO5/c1-11(2)17(9-15(18)19)16(20)12(3)22-10-13-6-5-7-14(8-13)21-4/h5-8,11-12H,9-10H2,1-4H3,(H,18,19). The van der Waals surface area contributed by atoms with Gasteiger partial charge in [-0.25, -0.2) is 0 Å². The van der Waals surface area contributed by atoms with E-state index >= 15 is 0 Å². The summed E-state index contributed by atoms with van der Waals surface area (Å²) in [6.45, 7) is 5.09. The Labute approximate surface area is 130 Å². The molecule has 0 saturated heterocycles. The predicted octanol–water partition coefficient (Wildman–Crippen LogP) is 1.92. The molecule has 0 radical (unpaired) electrons. The molecule has 1 unspecified atom stereocenters. The van der Waals surface area contributed by atoms with Crippen LogP contribution in [-0.2, 0) is 20.9 Å². The van der Waals surface area contributed by atoms with Crippen LogP contribution in [0.5, 0.6) is 5.75 Å². The highest BCUT2D eigenvalue weighted by molar-refractivity contribution is 5.84. The van der Waals surface area contributed by atoms with Gasteiger partial charge >= 0.3 is 5.97 Å². The maximum absolute atomic E-state index is 12.3. The smallest absolute Gasteiger partial charge is 0.323 e. The number of carboxylic acid groups (broad SMARTS) is 1. The molecule has 1 aromatic carbocycles. The lowest BCUT2D eigenvalue weighted by molar-refractivity contribution is -0.152. The Morgan fingerprint density at radius 3 is 2.50 bits per heavy atom. The van der Waals surface area contributed by atoms with Crippen molar-refractivity contribution in [3.8, 4) is 5.75 Å². The van der Waals surface area contributed by atoms with Crippen LogP contribution >= 0.6 is 0 Å². The minimum absolute atomic E-state index is 0.202. The maximum Gasteiger partial charge on any atom is 0.323 e. The van der Waals surface area contributed by atoms with Crippen molar-refractivity contribution >= 4 is 11.9 Å². The highest BCUT2D eigenvalue weighted by Crippen LogP contribution is 2.14. The van der Waals surface area contributed by atoms with Crippen LogP contribution in [0.1, 0.15) is 26.3 Å². The molecule has 0 spiro atoms. The average molecular weight is 309 g/mol. The maximum atomic E-state index is 12.3. The van der Waals surface area contributed by atoms with Gasteiger partial charge in [-0.1, -0.05) is 12.1 Å².